The number of nitrogens with zero attached hydrogens (tertiary/aromatic N) is 1. The Bertz CT molecular complexity index is 534. The maximum Gasteiger partial charge on any atom is 0.243 e. The minimum absolute atomic E-state index is 0.0126. The SMILES string of the molecule is CC(=O)N1CCC[C@H]1C(=O)NCc1ccc(C2CC2)cc1. The first kappa shape index (κ1) is 14.1. The molecule has 0 radical (unpaired) electrons. The molecule has 1 saturated heterocycles. The molecular weight excluding hydrogens is 264 g/mol. The predicted octanol–water partition coefficient (Wildman–Crippen LogP) is 2.19. The number of carbonyl (C=O) groups excluding carboxylic acids is 2. The maximum atomic E-state index is 12.2. The molecule has 4 heteroatoms. The average Bonchev–Trinajstić information content (AvgIpc) is 3.21. The minimum atomic E-state index is -0.284. The van der Waals surface area contributed by atoms with Crippen LogP contribution in [-0.2, 0) is 16.1 Å². The summed E-state index contributed by atoms with van der Waals surface area (Å²) in [6, 6.07) is 8.22. The molecule has 1 aromatic rings. The van der Waals surface area contributed by atoms with E-state index in [2.05, 4.69) is 29.6 Å². The van der Waals surface area contributed by atoms with Crippen molar-refractivity contribution in [2.45, 2.75) is 51.1 Å². The van der Waals surface area contributed by atoms with Gasteiger partial charge in [-0.05, 0) is 42.7 Å². The van der Waals surface area contributed by atoms with Gasteiger partial charge in [0.1, 0.15) is 6.04 Å². The Morgan fingerprint density at radius 3 is 2.52 bits per heavy atom. The zero-order valence-corrected chi connectivity index (χ0v) is 12.5. The zero-order chi connectivity index (χ0) is 14.8. The van der Waals surface area contributed by atoms with Crippen LogP contribution in [0, 0.1) is 0 Å². The van der Waals surface area contributed by atoms with Gasteiger partial charge in [-0.15, -0.1) is 0 Å². The third kappa shape index (κ3) is 3.26. The highest BCUT2D eigenvalue weighted by molar-refractivity contribution is 5.87. The molecule has 21 heavy (non-hydrogen) atoms. The highest BCUT2D eigenvalue weighted by Gasteiger charge is 2.32. The molecule has 1 atom stereocenters. The van der Waals surface area contributed by atoms with Crippen LogP contribution in [0.5, 0.6) is 0 Å². The van der Waals surface area contributed by atoms with Gasteiger partial charge in [0, 0.05) is 20.0 Å². The van der Waals surface area contributed by atoms with E-state index >= 15 is 0 Å². The van der Waals surface area contributed by atoms with Crippen molar-refractivity contribution in [3.63, 3.8) is 0 Å². The Hall–Kier alpha value is -1.84. The summed E-state index contributed by atoms with van der Waals surface area (Å²) in [5.41, 5.74) is 2.52. The minimum Gasteiger partial charge on any atom is -0.350 e. The van der Waals surface area contributed by atoms with E-state index in [1.165, 1.54) is 25.3 Å². The van der Waals surface area contributed by atoms with Gasteiger partial charge in [0.05, 0.1) is 0 Å². The van der Waals surface area contributed by atoms with Crippen molar-refractivity contribution < 1.29 is 9.59 Å². The van der Waals surface area contributed by atoms with Crippen LogP contribution in [0.25, 0.3) is 0 Å². The largest absolute Gasteiger partial charge is 0.350 e. The third-order valence-electron chi connectivity index (χ3n) is 4.46. The number of hydrogen-bond acceptors (Lipinski definition) is 2. The second-order valence-electron chi connectivity index (χ2n) is 6.10. The van der Waals surface area contributed by atoms with Gasteiger partial charge in [-0.25, -0.2) is 0 Å². The number of likely N-dealkylation sites (tertiary alicyclic amines) is 1. The van der Waals surface area contributed by atoms with Gasteiger partial charge >= 0.3 is 0 Å². The fraction of sp³-hybridized carbons (Fsp3) is 0.529. The number of carbonyl (C=O) groups is 2. The Balaban J connectivity index is 1.54. The Morgan fingerprint density at radius 2 is 1.90 bits per heavy atom. The van der Waals surface area contributed by atoms with E-state index in [0.29, 0.717) is 13.1 Å². The number of nitrogens with one attached hydrogen (secondary N) is 1. The molecule has 2 fully saturated rings. The van der Waals surface area contributed by atoms with E-state index in [4.69, 9.17) is 0 Å². The summed E-state index contributed by atoms with van der Waals surface area (Å²) in [6.07, 6.45) is 4.29. The Labute approximate surface area is 125 Å². The molecule has 4 nitrogen and oxygen atoms in total. The van der Waals surface area contributed by atoms with Crippen molar-refractivity contribution in [3.05, 3.63) is 35.4 Å². The zero-order valence-electron chi connectivity index (χ0n) is 12.5. The normalized spacial score (nSPS) is 21.4. The topological polar surface area (TPSA) is 49.4 Å². The molecule has 1 aliphatic heterocycles. The van der Waals surface area contributed by atoms with Crippen LogP contribution >= 0.6 is 0 Å². The lowest BCUT2D eigenvalue weighted by molar-refractivity contribution is -0.136. The molecule has 0 bridgehead atoms. The fourth-order valence-electron chi connectivity index (χ4n) is 3.05. The van der Waals surface area contributed by atoms with Gasteiger partial charge < -0.3 is 10.2 Å². The van der Waals surface area contributed by atoms with E-state index in [1.54, 1.807) is 4.90 Å². The van der Waals surface area contributed by atoms with Gasteiger partial charge in [0.25, 0.3) is 0 Å². The number of amides is 2. The van der Waals surface area contributed by atoms with Gasteiger partial charge in [-0.3, -0.25) is 9.59 Å². The van der Waals surface area contributed by atoms with Crippen LogP contribution < -0.4 is 5.32 Å². The first-order chi connectivity index (χ1) is 10.1. The average molecular weight is 286 g/mol. The summed E-state index contributed by atoms with van der Waals surface area (Å²) in [4.78, 5) is 25.4. The second kappa shape index (κ2) is 5.88. The molecule has 2 aliphatic rings. The van der Waals surface area contributed by atoms with Crippen molar-refractivity contribution >= 4 is 11.8 Å². The standard InChI is InChI=1S/C17H22N2O2/c1-12(20)19-10-2-3-16(19)17(21)18-11-13-4-6-14(7-5-13)15-8-9-15/h4-7,15-16H,2-3,8-11H2,1H3,(H,18,21)/t16-/m0/s1. The van der Waals surface area contributed by atoms with Gasteiger partial charge in [-0.1, -0.05) is 24.3 Å². The smallest absolute Gasteiger partial charge is 0.243 e. The summed E-state index contributed by atoms with van der Waals surface area (Å²) in [5.74, 6) is 0.715. The quantitative estimate of drug-likeness (QED) is 0.922. The van der Waals surface area contributed by atoms with Crippen LogP contribution in [0.2, 0.25) is 0 Å². The lowest BCUT2D eigenvalue weighted by Gasteiger charge is -2.22. The van der Waals surface area contributed by atoms with E-state index in [9.17, 15) is 9.59 Å². The molecule has 0 aromatic heterocycles. The molecule has 0 unspecified atom stereocenters. The molecular formula is C17H22N2O2. The van der Waals surface area contributed by atoms with Crippen LogP contribution in [0.3, 0.4) is 0 Å². The summed E-state index contributed by atoms with van der Waals surface area (Å²) in [6.45, 7) is 2.76. The fourth-order valence-corrected chi connectivity index (χ4v) is 3.05. The Morgan fingerprint density at radius 1 is 1.19 bits per heavy atom. The van der Waals surface area contributed by atoms with Crippen LogP contribution in [0.4, 0.5) is 0 Å². The molecule has 3 rings (SSSR count). The molecule has 1 heterocycles. The molecule has 2 amide bonds. The predicted molar refractivity (Wildman–Crippen MR) is 80.7 cm³/mol. The molecule has 1 aromatic carbocycles. The number of benzene rings is 1. The molecule has 0 spiro atoms. The van der Waals surface area contributed by atoms with E-state index < -0.39 is 0 Å². The van der Waals surface area contributed by atoms with E-state index in [1.807, 2.05) is 0 Å². The number of hydrogen-bond donors (Lipinski definition) is 1. The van der Waals surface area contributed by atoms with E-state index in [0.717, 1.165) is 24.3 Å². The van der Waals surface area contributed by atoms with Crippen LogP contribution in [0.15, 0.2) is 24.3 Å². The van der Waals surface area contributed by atoms with Crippen molar-refractivity contribution in [2.75, 3.05) is 6.54 Å². The molecule has 1 N–H and O–H groups in total. The highest BCUT2D eigenvalue weighted by atomic mass is 16.2. The first-order valence-corrected chi connectivity index (χ1v) is 7.79. The van der Waals surface area contributed by atoms with E-state index in [-0.39, 0.29) is 17.9 Å². The van der Waals surface area contributed by atoms with Gasteiger partial charge in [0.15, 0.2) is 0 Å². The summed E-state index contributed by atoms with van der Waals surface area (Å²) >= 11 is 0. The monoisotopic (exact) mass is 286 g/mol. The van der Waals surface area contributed by atoms with Crippen molar-refractivity contribution in [2.24, 2.45) is 0 Å². The summed E-state index contributed by atoms with van der Waals surface area (Å²) in [7, 11) is 0. The highest BCUT2D eigenvalue weighted by Crippen LogP contribution is 2.39. The van der Waals surface area contributed by atoms with Crippen molar-refractivity contribution in [1.29, 1.82) is 0 Å². The summed E-state index contributed by atoms with van der Waals surface area (Å²) in [5, 5.41) is 2.96. The van der Waals surface area contributed by atoms with Crippen LogP contribution in [0.1, 0.15) is 49.7 Å². The Kier molecular flexibility index (Phi) is 3.95. The number of rotatable bonds is 4. The van der Waals surface area contributed by atoms with Gasteiger partial charge in [0.2, 0.25) is 11.8 Å². The maximum absolute atomic E-state index is 12.2. The van der Waals surface area contributed by atoms with Crippen LogP contribution in [-0.4, -0.2) is 29.3 Å². The summed E-state index contributed by atoms with van der Waals surface area (Å²) < 4.78 is 0. The second-order valence-corrected chi connectivity index (χ2v) is 6.10. The first-order valence-electron chi connectivity index (χ1n) is 7.79. The molecule has 1 saturated carbocycles. The molecule has 1 aliphatic carbocycles. The third-order valence-corrected chi connectivity index (χ3v) is 4.46. The van der Waals surface area contributed by atoms with Crippen molar-refractivity contribution in [3.8, 4) is 0 Å². The lowest BCUT2D eigenvalue weighted by Crippen LogP contribution is -2.44. The van der Waals surface area contributed by atoms with Crippen molar-refractivity contribution in [1.82, 2.24) is 10.2 Å². The molecule has 112 valence electrons. The lowest BCUT2D eigenvalue weighted by atomic mass is 10.1. The van der Waals surface area contributed by atoms with Gasteiger partial charge in [-0.2, -0.15) is 0 Å².